The largest absolute Gasteiger partial charge is 0.213 e. The second-order valence-electron chi connectivity index (χ2n) is 6.92. The smallest absolute Gasteiger partial charge is 0.201 e. The van der Waals surface area contributed by atoms with Gasteiger partial charge in [0.15, 0.2) is 6.20 Å². The summed E-state index contributed by atoms with van der Waals surface area (Å²) in [7, 11) is 2.14. The van der Waals surface area contributed by atoms with Crippen LogP contribution in [0.4, 0.5) is 0 Å². The molecule has 0 saturated heterocycles. The highest BCUT2D eigenvalue weighted by atomic mass is 14.9. The van der Waals surface area contributed by atoms with E-state index >= 15 is 0 Å². The number of rotatable bonds is 2. The molecule has 24 heavy (non-hydrogen) atoms. The molecule has 120 valence electrons. The van der Waals surface area contributed by atoms with Gasteiger partial charge >= 0.3 is 0 Å². The van der Waals surface area contributed by atoms with Crippen molar-refractivity contribution in [3.8, 4) is 22.4 Å². The number of hydrogen-bond donors (Lipinski definition) is 0. The molecule has 3 aromatic rings. The lowest BCUT2D eigenvalue weighted by Gasteiger charge is -2.18. The van der Waals surface area contributed by atoms with Crippen molar-refractivity contribution in [1.29, 1.82) is 0 Å². The lowest BCUT2D eigenvalue weighted by atomic mass is 9.87. The first kappa shape index (κ1) is 15.1. The van der Waals surface area contributed by atoms with E-state index in [-0.39, 0.29) is 0 Å². The summed E-state index contributed by atoms with van der Waals surface area (Å²) in [6.45, 7) is 2.25. The monoisotopic (exact) mass is 314 g/mol. The third-order valence-electron chi connectivity index (χ3n) is 5.22. The van der Waals surface area contributed by atoms with Crippen LogP contribution in [0.25, 0.3) is 22.4 Å². The molecule has 1 heteroatoms. The highest BCUT2D eigenvalue weighted by Crippen LogP contribution is 2.31. The summed E-state index contributed by atoms with van der Waals surface area (Å²) in [5.74, 6) is 0. The minimum absolute atomic E-state index is 1.23. The van der Waals surface area contributed by atoms with E-state index < -0.39 is 0 Å². The van der Waals surface area contributed by atoms with Crippen LogP contribution in [0, 0.1) is 6.92 Å². The Hall–Kier alpha value is -2.41. The molecule has 1 nitrogen and oxygen atoms in total. The van der Waals surface area contributed by atoms with Gasteiger partial charge in [-0.1, -0.05) is 36.4 Å². The molecule has 0 bridgehead atoms. The van der Waals surface area contributed by atoms with E-state index in [0.29, 0.717) is 0 Å². The molecule has 1 heterocycles. The first-order valence-corrected chi connectivity index (χ1v) is 8.90. The fraction of sp³-hybridized carbons (Fsp3) is 0.261. The van der Waals surface area contributed by atoms with Gasteiger partial charge in [0.05, 0.1) is 0 Å². The van der Waals surface area contributed by atoms with Gasteiger partial charge in [-0.15, -0.1) is 0 Å². The maximum atomic E-state index is 2.44. The zero-order valence-corrected chi connectivity index (χ0v) is 14.5. The van der Waals surface area contributed by atoms with Crippen molar-refractivity contribution in [3.05, 3.63) is 77.5 Å². The predicted molar refractivity (Wildman–Crippen MR) is 99.9 cm³/mol. The van der Waals surface area contributed by atoms with Gasteiger partial charge in [0.1, 0.15) is 7.05 Å². The Balaban J connectivity index is 1.85. The molecule has 0 radical (unpaired) electrons. The molecule has 0 spiro atoms. The quantitative estimate of drug-likeness (QED) is 0.584. The zero-order valence-electron chi connectivity index (χ0n) is 14.5. The SMILES string of the molecule is Cc1cc2c(cc1-c1cc(-c3ccccc3)cc[n+]1C)CCCC2. The van der Waals surface area contributed by atoms with Crippen molar-refractivity contribution in [3.63, 3.8) is 0 Å². The molecule has 0 atom stereocenters. The first-order valence-electron chi connectivity index (χ1n) is 8.90. The Bertz CT molecular complexity index is 878. The van der Waals surface area contributed by atoms with Crippen LogP contribution in [-0.2, 0) is 19.9 Å². The first-order chi connectivity index (χ1) is 11.7. The van der Waals surface area contributed by atoms with Crippen LogP contribution in [0.15, 0.2) is 60.8 Å². The lowest BCUT2D eigenvalue weighted by molar-refractivity contribution is -0.660. The average molecular weight is 314 g/mol. The highest BCUT2D eigenvalue weighted by Gasteiger charge is 2.18. The standard InChI is InChI=1S/C23H24N/c1-17-14-19-10-6-7-11-20(19)15-22(17)23-16-21(12-13-24(23)2)18-8-4-3-5-9-18/h3-5,8-9,12-16H,6-7,10-11H2,1-2H3/q+1. The molecule has 0 fully saturated rings. The Morgan fingerprint density at radius 1 is 0.792 bits per heavy atom. The Kier molecular flexibility index (Phi) is 3.93. The second-order valence-corrected chi connectivity index (χ2v) is 6.92. The van der Waals surface area contributed by atoms with E-state index in [1.807, 2.05) is 0 Å². The highest BCUT2D eigenvalue weighted by molar-refractivity contribution is 5.71. The summed E-state index contributed by atoms with van der Waals surface area (Å²) in [6, 6.07) is 20.0. The van der Waals surface area contributed by atoms with Gasteiger partial charge in [-0.3, -0.25) is 0 Å². The van der Waals surface area contributed by atoms with E-state index in [4.69, 9.17) is 0 Å². The fourth-order valence-electron chi connectivity index (χ4n) is 3.83. The summed E-state index contributed by atoms with van der Waals surface area (Å²) >= 11 is 0. The molecule has 4 rings (SSSR count). The zero-order chi connectivity index (χ0) is 16.5. The summed E-state index contributed by atoms with van der Waals surface area (Å²) in [5, 5.41) is 0. The van der Waals surface area contributed by atoms with E-state index in [0.717, 1.165) is 0 Å². The molecule has 1 aliphatic carbocycles. The van der Waals surface area contributed by atoms with Crippen molar-refractivity contribution >= 4 is 0 Å². The number of pyridine rings is 1. The minimum atomic E-state index is 1.23. The molecule has 1 aromatic heterocycles. The van der Waals surface area contributed by atoms with Gasteiger partial charge < -0.3 is 0 Å². The number of nitrogens with zero attached hydrogens (tertiary/aromatic N) is 1. The minimum Gasteiger partial charge on any atom is -0.201 e. The van der Waals surface area contributed by atoms with E-state index in [1.165, 1.54) is 53.6 Å². The molecular weight excluding hydrogens is 290 g/mol. The number of aromatic nitrogens is 1. The van der Waals surface area contributed by atoms with Crippen molar-refractivity contribution in [2.24, 2.45) is 7.05 Å². The maximum absolute atomic E-state index is 2.44. The molecule has 0 unspecified atom stereocenters. The van der Waals surface area contributed by atoms with Crippen LogP contribution >= 0.6 is 0 Å². The van der Waals surface area contributed by atoms with Gasteiger partial charge in [-0.05, 0) is 66.5 Å². The van der Waals surface area contributed by atoms with Gasteiger partial charge in [0.25, 0.3) is 0 Å². The molecule has 0 amide bonds. The molecule has 1 aliphatic rings. The van der Waals surface area contributed by atoms with Crippen LogP contribution in [0.5, 0.6) is 0 Å². The van der Waals surface area contributed by atoms with Crippen LogP contribution in [0.3, 0.4) is 0 Å². The second kappa shape index (κ2) is 6.24. The number of fused-ring (bicyclic) bond motifs is 1. The lowest BCUT2D eigenvalue weighted by Crippen LogP contribution is -2.30. The predicted octanol–water partition coefficient (Wildman–Crippen LogP) is 5.03. The average Bonchev–Trinajstić information content (AvgIpc) is 2.62. The van der Waals surface area contributed by atoms with Crippen molar-refractivity contribution in [2.75, 3.05) is 0 Å². The summed E-state index contributed by atoms with van der Waals surface area (Å²) in [5.41, 5.74) is 9.71. The van der Waals surface area contributed by atoms with Crippen molar-refractivity contribution in [2.45, 2.75) is 32.6 Å². The van der Waals surface area contributed by atoms with Crippen molar-refractivity contribution in [1.82, 2.24) is 0 Å². The van der Waals surface area contributed by atoms with Crippen LogP contribution in [0.1, 0.15) is 29.5 Å². The number of aryl methyl sites for hydroxylation is 4. The molecule has 2 aromatic carbocycles. The summed E-state index contributed by atoms with van der Waals surface area (Å²) < 4.78 is 2.24. The van der Waals surface area contributed by atoms with E-state index in [9.17, 15) is 0 Å². The Labute approximate surface area is 144 Å². The van der Waals surface area contributed by atoms with E-state index in [2.05, 4.69) is 79.3 Å². The Morgan fingerprint density at radius 2 is 1.50 bits per heavy atom. The van der Waals surface area contributed by atoms with Crippen LogP contribution in [0.2, 0.25) is 0 Å². The topological polar surface area (TPSA) is 3.88 Å². The molecule has 0 saturated carbocycles. The van der Waals surface area contributed by atoms with Gasteiger partial charge in [-0.25, -0.2) is 4.57 Å². The molecule has 0 aliphatic heterocycles. The van der Waals surface area contributed by atoms with Crippen molar-refractivity contribution < 1.29 is 4.57 Å². The normalized spacial score (nSPS) is 13.6. The van der Waals surface area contributed by atoms with E-state index in [1.54, 1.807) is 11.1 Å². The van der Waals surface area contributed by atoms with Crippen LogP contribution < -0.4 is 4.57 Å². The van der Waals surface area contributed by atoms with Gasteiger partial charge in [0, 0.05) is 17.7 Å². The number of hydrogen-bond acceptors (Lipinski definition) is 0. The third kappa shape index (κ3) is 2.75. The maximum Gasteiger partial charge on any atom is 0.213 e. The Morgan fingerprint density at radius 3 is 2.25 bits per heavy atom. The molecular formula is C23H24N+. The fourth-order valence-corrected chi connectivity index (χ4v) is 3.83. The summed E-state index contributed by atoms with van der Waals surface area (Å²) in [4.78, 5) is 0. The summed E-state index contributed by atoms with van der Waals surface area (Å²) in [6.07, 6.45) is 7.31. The number of benzene rings is 2. The van der Waals surface area contributed by atoms with Gasteiger partial charge in [0.2, 0.25) is 5.69 Å². The molecule has 0 N–H and O–H groups in total. The van der Waals surface area contributed by atoms with Gasteiger partial charge in [-0.2, -0.15) is 0 Å². The third-order valence-corrected chi connectivity index (χ3v) is 5.22. The van der Waals surface area contributed by atoms with Crippen LogP contribution in [-0.4, -0.2) is 0 Å².